The van der Waals surface area contributed by atoms with Crippen molar-refractivity contribution in [2.24, 2.45) is 0 Å². The molecule has 190 valence electrons. The van der Waals surface area contributed by atoms with Crippen LogP contribution in [0.2, 0.25) is 0 Å². The summed E-state index contributed by atoms with van der Waals surface area (Å²) in [6, 6.07) is 9.84. The number of hydrogen-bond acceptors (Lipinski definition) is 7. The summed E-state index contributed by atoms with van der Waals surface area (Å²) in [4.78, 5) is 29.8. The maximum absolute atomic E-state index is 13.0. The minimum atomic E-state index is -0.420. The van der Waals surface area contributed by atoms with Crippen LogP contribution in [0.3, 0.4) is 0 Å². The number of nitrogens with one attached hydrogen (secondary N) is 1. The lowest BCUT2D eigenvalue weighted by atomic mass is 9.98. The zero-order chi connectivity index (χ0) is 26.0. The normalized spacial score (nSPS) is 14.3. The fourth-order valence-electron chi connectivity index (χ4n) is 4.27. The highest BCUT2D eigenvalue weighted by Gasteiger charge is 2.25. The summed E-state index contributed by atoms with van der Waals surface area (Å²) < 4.78 is 1.55. The highest BCUT2D eigenvalue weighted by atomic mass is 16.3. The topological polar surface area (TPSA) is 124 Å². The predicted octanol–water partition coefficient (Wildman–Crippen LogP) is 2.61. The molecule has 0 aliphatic carbocycles. The minimum Gasteiger partial charge on any atom is -0.508 e. The van der Waals surface area contributed by atoms with E-state index in [4.69, 9.17) is 0 Å². The lowest BCUT2D eigenvalue weighted by Crippen LogP contribution is -2.47. The van der Waals surface area contributed by atoms with Gasteiger partial charge in [-0.2, -0.15) is 0 Å². The molecule has 1 fully saturated rings. The number of amides is 2. The molecule has 1 aliphatic rings. The molecule has 10 heteroatoms. The summed E-state index contributed by atoms with van der Waals surface area (Å²) in [5.41, 5.74) is 2.07. The number of carbonyl (C=O) groups is 2. The van der Waals surface area contributed by atoms with Crippen LogP contribution >= 0.6 is 0 Å². The van der Waals surface area contributed by atoms with Crippen molar-refractivity contribution in [3.63, 3.8) is 0 Å². The number of aromatic hydroxyl groups is 2. The van der Waals surface area contributed by atoms with E-state index in [9.17, 15) is 19.8 Å². The first-order valence-electron chi connectivity index (χ1n) is 12.1. The lowest BCUT2D eigenvalue weighted by molar-refractivity contribution is 0.0664. The molecular weight excluding hydrogens is 460 g/mol. The van der Waals surface area contributed by atoms with Crippen molar-refractivity contribution in [1.29, 1.82) is 0 Å². The van der Waals surface area contributed by atoms with Gasteiger partial charge in [0.25, 0.3) is 11.8 Å². The Kier molecular flexibility index (Phi) is 7.25. The number of carbonyl (C=O) groups excluding carboxylic acids is 2. The van der Waals surface area contributed by atoms with Crippen molar-refractivity contribution >= 4 is 11.8 Å². The zero-order valence-corrected chi connectivity index (χ0v) is 21.0. The Hall–Kier alpha value is -3.92. The van der Waals surface area contributed by atoms with Gasteiger partial charge < -0.3 is 25.3 Å². The fraction of sp³-hybridized carbons (Fsp3) is 0.385. The molecule has 10 nitrogen and oxygen atoms in total. The second-order valence-electron chi connectivity index (χ2n) is 9.27. The number of phenols is 2. The van der Waals surface area contributed by atoms with Crippen molar-refractivity contribution in [3.8, 4) is 28.6 Å². The van der Waals surface area contributed by atoms with Gasteiger partial charge >= 0.3 is 0 Å². The van der Waals surface area contributed by atoms with Gasteiger partial charge in [-0.25, -0.2) is 0 Å². The Labute approximate surface area is 210 Å². The van der Waals surface area contributed by atoms with Crippen molar-refractivity contribution in [2.75, 3.05) is 39.8 Å². The Morgan fingerprint density at radius 2 is 1.67 bits per heavy atom. The van der Waals surface area contributed by atoms with Gasteiger partial charge in [0.2, 0.25) is 5.82 Å². The van der Waals surface area contributed by atoms with Crippen LogP contribution in [-0.4, -0.2) is 86.4 Å². The molecule has 2 amide bonds. The van der Waals surface area contributed by atoms with Gasteiger partial charge in [-0.3, -0.25) is 14.2 Å². The first kappa shape index (κ1) is 25.2. The molecule has 1 aromatic heterocycles. The molecule has 0 saturated carbocycles. The Bertz CT molecular complexity index is 1260. The summed E-state index contributed by atoms with van der Waals surface area (Å²) in [6.07, 6.45) is 0. The summed E-state index contributed by atoms with van der Waals surface area (Å²) in [5, 5.41) is 32.0. The standard InChI is InChI=1S/C26H32N6O4/c1-5-27-25(35)24-29-28-23(20-14-19(16(2)3)21(33)15-22(20)34)32(24)18-8-6-17(7-9-18)26(36)31-12-10-30(4)11-13-31/h6-9,14-16,33-34H,5,10-13H2,1-4H3,(H,27,35). The summed E-state index contributed by atoms with van der Waals surface area (Å²) in [5.74, 6) is -0.389. The maximum Gasteiger partial charge on any atom is 0.289 e. The molecular formula is C26H32N6O4. The van der Waals surface area contributed by atoms with E-state index in [1.165, 1.54) is 6.07 Å². The number of aromatic nitrogens is 3. The number of phenolic OH excluding ortho intramolecular Hbond substituents is 2. The van der Waals surface area contributed by atoms with E-state index in [0.717, 1.165) is 13.1 Å². The smallest absolute Gasteiger partial charge is 0.289 e. The minimum absolute atomic E-state index is 0.0107. The average Bonchev–Trinajstić information content (AvgIpc) is 3.29. The first-order valence-corrected chi connectivity index (χ1v) is 12.1. The highest BCUT2D eigenvalue weighted by molar-refractivity contribution is 5.95. The molecule has 2 heterocycles. The third-order valence-electron chi connectivity index (χ3n) is 6.37. The van der Waals surface area contributed by atoms with E-state index in [-0.39, 0.29) is 35.0 Å². The van der Waals surface area contributed by atoms with E-state index >= 15 is 0 Å². The van der Waals surface area contributed by atoms with Gasteiger partial charge in [0.1, 0.15) is 11.5 Å². The molecule has 1 aliphatic heterocycles. The number of piperazine rings is 1. The lowest BCUT2D eigenvalue weighted by Gasteiger charge is -2.32. The van der Waals surface area contributed by atoms with Gasteiger partial charge in [-0.05, 0) is 55.8 Å². The molecule has 0 atom stereocenters. The van der Waals surface area contributed by atoms with Gasteiger partial charge in [-0.15, -0.1) is 10.2 Å². The van der Waals surface area contributed by atoms with Crippen molar-refractivity contribution in [3.05, 3.63) is 53.3 Å². The second-order valence-corrected chi connectivity index (χ2v) is 9.27. The van der Waals surface area contributed by atoms with Crippen molar-refractivity contribution in [1.82, 2.24) is 29.9 Å². The molecule has 2 aromatic carbocycles. The number of rotatable bonds is 6. The quantitative estimate of drug-likeness (QED) is 0.483. The van der Waals surface area contributed by atoms with Crippen LogP contribution in [-0.2, 0) is 0 Å². The van der Waals surface area contributed by atoms with Crippen LogP contribution in [0.15, 0.2) is 36.4 Å². The molecule has 3 aromatic rings. The average molecular weight is 493 g/mol. The fourth-order valence-corrected chi connectivity index (χ4v) is 4.27. The van der Waals surface area contributed by atoms with E-state index in [0.29, 0.717) is 42.0 Å². The zero-order valence-electron chi connectivity index (χ0n) is 21.0. The van der Waals surface area contributed by atoms with Crippen molar-refractivity contribution < 1.29 is 19.8 Å². The number of nitrogens with zero attached hydrogens (tertiary/aromatic N) is 5. The van der Waals surface area contributed by atoms with Crippen molar-refractivity contribution in [2.45, 2.75) is 26.7 Å². The van der Waals surface area contributed by atoms with Gasteiger partial charge in [-0.1, -0.05) is 13.8 Å². The maximum atomic E-state index is 13.0. The molecule has 0 spiro atoms. The third-order valence-corrected chi connectivity index (χ3v) is 6.37. The van der Waals surface area contributed by atoms with Crippen LogP contribution < -0.4 is 5.32 Å². The Morgan fingerprint density at radius 1 is 1.00 bits per heavy atom. The van der Waals surface area contributed by atoms with Crippen LogP contribution in [0, 0.1) is 0 Å². The summed E-state index contributed by atoms with van der Waals surface area (Å²) >= 11 is 0. The second kappa shape index (κ2) is 10.4. The van der Waals surface area contributed by atoms with Gasteiger partial charge in [0.05, 0.1) is 5.56 Å². The van der Waals surface area contributed by atoms with Crippen LogP contribution in [0.25, 0.3) is 17.1 Å². The van der Waals surface area contributed by atoms with E-state index in [1.807, 2.05) is 25.8 Å². The Balaban J connectivity index is 1.77. The SMILES string of the molecule is CCNC(=O)c1nnc(-c2cc(C(C)C)c(O)cc2O)n1-c1ccc(C(=O)N2CCN(C)CC2)cc1. The highest BCUT2D eigenvalue weighted by Crippen LogP contribution is 2.38. The first-order chi connectivity index (χ1) is 17.2. The monoisotopic (exact) mass is 492 g/mol. The van der Waals surface area contributed by atoms with Crippen LogP contribution in [0.5, 0.6) is 11.5 Å². The van der Waals surface area contributed by atoms with Gasteiger partial charge in [0, 0.05) is 50.0 Å². The Morgan fingerprint density at radius 3 is 2.28 bits per heavy atom. The van der Waals surface area contributed by atoms with E-state index < -0.39 is 5.91 Å². The molecule has 1 saturated heterocycles. The van der Waals surface area contributed by atoms with Gasteiger partial charge in [0.15, 0.2) is 5.82 Å². The molecule has 0 unspecified atom stereocenters. The number of hydrogen-bond donors (Lipinski definition) is 3. The largest absolute Gasteiger partial charge is 0.508 e. The predicted molar refractivity (Wildman–Crippen MR) is 136 cm³/mol. The van der Waals surface area contributed by atoms with E-state index in [1.54, 1.807) is 41.8 Å². The summed E-state index contributed by atoms with van der Waals surface area (Å²) in [7, 11) is 2.04. The summed E-state index contributed by atoms with van der Waals surface area (Å²) in [6.45, 7) is 9.07. The molecule has 0 radical (unpaired) electrons. The number of likely N-dealkylation sites (N-methyl/N-ethyl adjacent to an activating group) is 1. The molecule has 3 N–H and O–H groups in total. The van der Waals surface area contributed by atoms with E-state index in [2.05, 4.69) is 20.4 Å². The van der Waals surface area contributed by atoms with Crippen LogP contribution in [0.4, 0.5) is 0 Å². The molecule has 0 bridgehead atoms. The third kappa shape index (κ3) is 4.90. The molecule has 36 heavy (non-hydrogen) atoms. The number of benzene rings is 2. The molecule has 4 rings (SSSR count). The van der Waals surface area contributed by atoms with Crippen LogP contribution in [0.1, 0.15) is 53.2 Å².